The Kier molecular flexibility index (Phi) is 3.37. The van der Waals surface area contributed by atoms with Gasteiger partial charge in [-0.2, -0.15) is 4.58 Å². The number of nitrogens with zero attached hydrogens (tertiary/aromatic N) is 2. The Morgan fingerprint density at radius 3 is 3.05 bits per heavy atom. The second-order valence-corrected chi connectivity index (χ2v) is 5.52. The Hall–Kier alpha value is -2.36. The lowest BCUT2D eigenvalue weighted by Crippen LogP contribution is -2.25. The van der Waals surface area contributed by atoms with E-state index in [1.807, 2.05) is 0 Å². The van der Waals surface area contributed by atoms with Crippen LogP contribution in [0.15, 0.2) is 36.7 Å². The lowest BCUT2D eigenvalue weighted by atomic mass is 10.2. The Labute approximate surface area is 124 Å². The normalized spacial score (nSPS) is 15.6. The minimum atomic E-state index is 0.00835. The van der Waals surface area contributed by atoms with E-state index in [0.29, 0.717) is 6.42 Å². The van der Waals surface area contributed by atoms with Gasteiger partial charge >= 0.3 is 0 Å². The van der Waals surface area contributed by atoms with Gasteiger partial charge in [0.2, 0.25) is 18.3 Å². The van der Waals surface area contributed by atoms with E-state index in [4.69, 9.17) is 0 Å². The lowest BCUT2D eigenvalue weighted by Gasteiger charge is -2.14. The first-order valence-electron chi connectivity index (χ1n) is 7.20. The van der Waals surface area contributed by atoms with Gasteiger partial charge in [-0.15, -0.1) is 0 Å². The van der Waals surface area contributed by atoms with Crippen LogP contribution in [0.2, 0.25) is 0 Å². The summed E-state index contributed by atoms with van der Waals surface area (Å²) in [7, 11) is 0. The highest BCUT2D eigenvalue weighted by molar-refractivity contribution is 5.96. The molecule has 108 valence electrons. The third-order valence-electron chi connectivity index (χ3n) is 4.09. The number of carbonyl (C=O) groups is 1. The van der Waals surface area contributed by atoms with Gasteiger partial charge < -0.3 is 5.32 Å². The van der Waals surface area contributed by atoms with Gasteiger partial charge in [-0.25, -0.2) is 0 Å². The van der Waals surface area contributed by atoms with Crippen LogP contribution < -0.4 is 5.32 Å². The molecule has 1 amide bonds. The molecule has 0 saturated carbocycles. The first kappa shape index (κ1) is 13.6. The van der Waals surface area contributed by atoms with Gasteiger partial charge in [0.1, 0.15) is 0 Å². The van der Waals surface area contributed by atoms with Crippen LogP contribution in [0.3, 0.4) is 0 Å². The Bertz CT molecular complexity index is 717. The van der Waals surface area contributed by atoms with Gasteiger partial charge in [-0.3, -0.25) is 9.36 Å². The van der Waals surface area contributed by atoms with Crippen LogP contribution in [0, 0.1) is 13.8 Å². The molecule has 4 nitrogen and oxygen atoms in total. The Morgan fingerprint density at radius 1 is 1.48 bits per heavy atom. The molecule has 1 aromatic heterocycles. The molecule has 0 radical (unpaired) electrons. The molecule has 0 spiro atoms. The standard InChI is InChI=1S/C17H19N3O/c1-4-18-17(21)8-7-14-5-6-15-10-16-12(2)9-13(3)19(16)11-20(14)15/h4-6,9-10H,1,7-8,11H2,2-3H3/p+1. The van der Waals surface area contributed by atoms with Crippen molar-refractivity contribution in [2.24, 2.45) is 0 Å². The molecule has 3 heterocycles. The molecule has 0 unspecified atom stereocenters. The Morgan fingerprint density at radius 2 is 2.29 bits per heavy atom. The summed E-state index contributed by atoms with van der Waals surface area (Å²) in [6.45, 7) is 8.62. The van der Waals surface area contributed by atoms with E-state index in [-0.39, 0.29) is 5.91 Å². The highest BCUT2D eigenvalue weighted by Gasteiger charge is 2.29. The smallest absolute Gasteiger partial charge is 0.228 e. The molecule has 4 heteroatoms. The molecular weight excluding hydrogens is 262 g/mol. The van der Waals surface area contributed by atoms with Crippen molar-refractivity contribution in [1.29, 1.82) is 0 Å². The molecule has 0 bridgehead atoms. The van der Waals surface area contributed by atoms with Gasteiger partial charge in [-0.1, -0.05) is 6.58 Å². The quantitative estimate of drug-likeness (QED) is 0.846. The maximum absolute atomic E-state index is 11.6. The van der Waals surface area contributed by atoms with Crippen molar-refractivity contribution in [3.05, 3.63) is 53.6 Å². The van der Waals surface area contributed by atoms with Crippen molar-refractivity contribution in [3.8, 4) is 0 Å². The van der Waals surface area contributed by atoms with Crippen LogP contribution in [-0.2, 0) is 11.5 Å². The molecule has 0 fully saturated rings. The van der Waals surface area contributed by atoms with E-state index in [1.54, 1.807) is 0 Å². The topological polar surface area (TPSA) is 37.0 Å². The molecule has 1 aromatic rings. The highest BCUT2D eigenvalue weighted by atomic mass is 16.1. The summed E-state index contributed by atoms with van der Waals surface area (Å²) in [6.07, 6.45) is 9.12. The number of hydrogen-bond donors (Lipinski definition) is 1. The monoisotopic (exact) mass is 282 g/mol. The maximum Gasteiger partial charge on any atom is 0.228 e. The predicted molar refractivity (Wildman–Crippen MR) is 83.9 cm³/mol. The van der Waals surface area contributed by atoms with Gasteiger partial charge in [0.15, 0.2) is 5.71 Å². The Balaban J connectivity index is 1.85. The zero-order chi connectivity index (χ0) is 15.0. The summed E-state index contributed by atoms with van der Waals surface area (Å²) in [5, 5.41) is 2.62. The van der Waals surface area contributed by atoms with Gasteiger partial charge in [0, 0.05) is 36.8 Å². The summed E-state index contributed by atoms with van der Waals surface area (Å²) < 4.78 is 4.59. The molecule has 21 heavy (non-hydrogen) atoms. The first-order valence-corrected chi connectivity index (χ1v) is 7.20. The van der Waals surface area contributed by atoms with Crippen LogP contribution >= 0.6 is 0 Å². The number of amides is 1. The van der Waals surface area contributed by atoms with E-state index in [1.165, 1.54) is 34.6 Å². The molecular formula is C17H20N3O+. The van der Waals surface area contributed by atoms with Gasteiger partial charge in [0.05, 0.1) is 5.69 Å². The SMILES string of the molecule is C=CNC(=O)CCC1=[N+]2Cn3c(C)cc(C)c3C=C2C=C1. The summed E-state index contributed by atoms with van der Waals surface area (Å²) in [5.41, 5.74) is 6.27. The fourth-order valence-electron chi connectivity index (χ4n) is 3.00. The number of allylic oxidation sites excluding steroid dienone is 2. The molecule has 3 rings (SSSR count). The summed E-state index contributed by atoms with van der Waals surface area (Å²) in [4.78, 5) is 11.6. The zero-order valence-electron chi connectivity index (χ0n) is 12.5. The molecule has 2 aliphatic heterocycles. The van der Waals surface area contributed by atoms with Crippen molar-refractivity contribution < 1.29 is 9.37 Å². The molecule has 1 N–H and O–H groups in total. The van der Waals surface area contributed by atoms with Gasteiger partial charge in [-0.05, 0) is 31.7 Å². The summed E-state index contributed by atoms with van der Waals surface area (Å²) in [6, 6.07) is 2.22. The number of nitrogens with one attached hydrogen (secondary N) is 1. The third kappa shape index (κ3) is 2.37. The van der Waals surface area contributed by atoms with Crippen molar-refractivity contribution in [2.75, 3.05) is 0 Å². The molecule has 2 aliphatic rings. The number of aromatic nitrogens is 1. The third-order valence-corrected chi connectivity index (χ3v) is 4.09. The minimum absolute atomic E-state index is 0.00835. The maximum atomic E-state index is 11.6. The summed E-state index contributed by atoms with van der Waals surface area (Å²) in [5.74, 6) is 0.00835. The molecule has 0 atom stereocenters. The van der Waals surface area contributed by atoms with Crippen LogP contribution in [0.1, 0.15) is 29.8 Å². The van der Waals surface area contributed by atoms with E-state index in [0.717, 1.165) is 13.1 Å². The van der Waals surface area contributed by atoms with E-state index in [9.17, 15) is 4.79 Å². The molecule has 0 saturated heterocycles. The minimum Gasteiger partial charge on any atom is -0.333 e. The van der Waals surface area contributed by atoms with E-state index in [2.05, 4.69) is 59.2 Å². The number of fused-ring (bicyclic) bond motifs is 2. The van der Waals surface area contributed by atoms with Crippen LogP contribution in [0.25, 0.3) is 6.08 Å². The van der Waals surface area contributed by atoms with Crippen LogP contribution in [-0.4, -0.2) is 20.8 Å². The van der Waals surface area contributed by atoms with Gasteiger partial charge in [0.25, 0.3) is 0 Å². The number of rotatable bonds is 4. The van der Waals surface area contributed by atoms with Crippen molar-refractivity contribution in [1.82, 2.24) is 9.88 Å². The fourth-order valence-corrected chi connectivity index (χ4v) is 3.00. The van der Waals surface area contributed by atoms with Crippen LogP contribution in [0.5, 0.6) is 0 Å². The second-order valence-electron chi connectivity index (χ2n) is 5.52. The zero-order valence-corrected chi connectivity index (χ0v) is 12.5. The molecule has 0 aromatic carbocycles. The lowest BCUT2D eigenvalue weighted by molar-refractivity contribution is -0.505. The fraction of sp³-hybridized carbons (Fsp3) is 0.294. The van der Waals surface area contributed by atoms with Crippen LogP contribution in [0.4, 0.5) is 0 Å². The van der Waals surface area contributed by atoms with Crippen molar-refractivity contribution in [3.63, 3.8) is 0 Å². The first-order chi connectivity index (χ1) is 10.1. The summed E-state index contributed by atoms with van der Waals surface area (Å²) >= 11 is 0. The number of carbonyl (C=O) groups excluding carboxylic acids is 1. The predicted octanol–water partition coefficient (Wildman–Crippen LogP) is 2.48. The molecule has 0 aliphatic carbocycles. The second kappa shape index (κ2) is 5.20. The van der Waals surface area contributed by atoms with Crippen molar-refractivity contribution in [2.45, 2.75) is 33.4 Å². The highest BCUT2D eigenvalue weighted by Crippen LogP contribution is 2.26. The average molecular weight is 282 g/mol. The van der Waals surface area contributed by atoms with E-state index < -0.39 is 0 Å². The van der Waals surface area contributed by atoms with Crippen molar-refractivity contribution >= 4 is 17.7 Å². The average Bonchev–Trinajstić information content (AvgIpc) is 2.97. The number of aryl methyl sites for hydroxylation is 2. The largest absolute Gasteiger partial charge is 0.333 e. The number of hydrogen-bond acceptors (Lipinski definition) is 1. The van der Waals surface area contributed by atoms with E-state index >= 15 is 0 Å².